The second-order valence-corrected chi connectivity index (χ2v) is 8.66. The fourth-order valence-corrected chi connectivity index (χ4v) is 4.55. The van der Waals surface area contributed by atoms with E-state index < -0.39 is 0 Å². The van der Waals surface area contributed by atoms with Crippen molar-refractivity contribution < 1.29 is 9.53 Å². The summed E-state index contributed by atoms with van der Waals surface area (Å²) in [4.78, 5) is 25.2. The third-order valence-corrected chi connectivity index (χ3v) is 6.43. The van der Waals surface area contributed by atoms with Gasteiger partial charge in [0.1, 0.15) is 5.65 Å². The number of likely N-dealkylation sites (tertiary alicyclic amines) is 1. The summed E-state index contributed by atoms with van der Waals surface area (Å²) in [5.41, 5.74) is 3.72. The van der Waals surface area contributed by atoms with Gasteiger partial charge in [-0.1, -0.05) is 12.8 Å². The minimum Gasteiger partial charge on any atom is -0.383 e. The van der Waals surface area contributed by atoms with Gasteiger partial charge in [0.05, 0.1) is 12.3 Å². The van der Waals surface area contributed by atoms with Gasteiger partial charge in [0.15, 0.2) is 5.69 Å². The van der Waals surface area contributed by atoms with Crippen molar-refractivity contribution in [3.8, 4) is 0 Å². The fourth-order valence-electron chi connectivity index (χ4n) is 4.55. The van der Waals surface area contributed by atoms with Crippen LogP contribution in [0.3, 0.4) is 0 Å². The average Bonchev–Trinajstić information content (AvgIpc) is 2.93. The van der Waals surface area contributed by atoms with Crippen LogP contribution in [0.25, 0.3) is 5.65 Å². The number of carbonyl (C=O) groups is 1. The van der Waals surface area contributed by atoms with Gasteiger partial charge in [0.25, 0.3) is 5.91 Å². The Bertz CT molecular complexity index is 849. The first-order valence-electron chi connectivity index (χ1n) is 11.4. The van der Waals surface area contributed by atoms with Crippen LogP contribution in [0, 0.1) is 6.92 Å². The Kier molecular flexibility index (Phi) is 7.02. The van der Waals surface area contributed by atoms with Gasteiger partial charge in [0, 0.05) is 65.7 Å². The molecule has 30 heavy (non-hydrogen) atoms. The van der Waals surface area contributed by atoms with Gasteiger partial charge in [-0.2, -0.15) is 0 Å². The monoisotopic (exact) mass is 413 g/mol. The summed E-state index contributed by atoms with van der Waals surface area (Å²) in [6.45, 7) is 10.4. The zero-order valence-corrected chi connectivity index (χ0v) is 18.5. The van der Waals surface area contributed by atoms with Gasteiger partial charge in [-0.15, -0.1) is 0 Å². The molecule has 2 fully saturated rings. The molecule has 4 rings (SSSR count). The third kappa shape index (κ3) is 4.85. The molecule has 0 atom stereocenters. The minimum absolute atomic E-state index is 0.104. The first-order valence-corrected chi connectivity index (χ1v) is 11.4. The molecule has 0 saturated carbocycles. The molecule has 2 aliphatic heterocycles. The van der Waals surface area contributed by atoms with Gasteiger partial charge >= 0.3 is 0 Å². The molecule has 2 aliphatic rings. The van der Waals surface area contributed by atoms with E-state index in [-0.39, 0.29) is 5.91 Å². The smallest absolute Gasteiger partial charge is 0.274 e. The number of imidazole rings is 1. The number of aryl methyl sites for hydroxylation is 1. The lowest BCUT2D eigenvalue weighted by molar-refractivity contribution is 0.0748. The molecule has 2 aromatic rings. The van der Waals surface area contributed by atoms with Crippen molar-refractivity contribution in [2.24, 2.45) is 0 Å². The Labute approximate surface area is 179 Å². The molecule has 0 unspecified atom stereocenters. The molecule has 0 radical (unpaired) electrons. The van der Waals surface area contributed by atoms with Crippen LogP contribution in [-0.2, 0) is 11.3 Å². The van der Waals surface area contributed by atoms with Crippen LogP contribution in [0.15, 0.2) is 18.3 Å². The van der Waals surface area contributed by atoms with E-state index in [2.05, 4.69) is 39.5 Å². The lowest BCUT2D eigenvalue weighted by Crippen LogP contribution is -2.47. The molecule has 7 nitrogen and oxygen atoms in total. The molecule has 2 saturated heterocycles. The zero-order valence-electron chi connectivity index (χ0n) is 18.5. The molecule has 0 spiro atoms. The SMILES string of the molecule is COCCN1CCN(Cc2c(C(=O)N3CCCCCC3)nc3cc(C)ccn23)CC1. The van der Waals surface area contributed by atoms with Crippen molar-refractivity contribution in [2.75, 3.05) is 59.5 Å². The Morgan fingerprint density at radius 3 is 2.43 bits per heavy atom. The largest absolute Gasteiger partial charge is 0.383 e. The quantitative estimate of drug-likeness (QED) is 0.728. The number of fused-ring (bicyclic) bond motifs is 1. The van der Waals surface area contributed by atoms with Gasteiger partial charge < -0.3 is 14.0 Å². The van der Waals surface area contributed by atoms with Gasteiger partial charge in [-0.25, -0.2) is 4.98 Å². The number of piperazine rings is 1. The van der Waals surface area contributed by atoms with E-state index in [1.807, 2.05) is 4.90 Å². The molecule has 0 aliphatic carbocycles. The second kappa shape index (κ2) is 9.90. The van der Waals surface area contributed by atoms with E-state index in [1.165, 1.54) is 18.4 Å². The van der Waals surface area contributed by atoms with Crippen molar-refractivity contribution in [3.05, 3.63) is 35.3 Å². The van der Waals surface area contributed by atoms with Crippen molar-refractivity contribution in [1.82, 2.24) is 24.1 Å². The van der Waals surface area contributed by atoms with Crippen LogP contribution in [0.5, 0.6) is 0 Å². The number of aromatic nitrogens is 2. The Morgan fingerprint density at radius 2 is 1.73 bits per heavy atom. The highest BCUT2D eigenvalue weighted by atomic mass is 16.5. The Hall–Kier alpha value is -1.96. The number of nitrogens with zero attached hydrogens (tertiary/aromatic N) is 5. The number of hydrogen-bond donors (Lipinski definition) is 0. The number of carbonyl (C=O) groups excluding carboxylic acids is 1. The summed E-state index contributed by atoms with van der Waals surface area (Å²) in [6.07, 6.45) is 6.69. The Morgan fingerprint density at radius 1 is 1.03 bits per heavy atom. The van der Waals surface area contributed by atoms with Crippen LogP contribution in [0.4, 0.5) is 0 Å². The number of amides is 1. The van der Waals surface area contributed by atoms with Crippen LogP contribution in [-0.4, -0.2) is 89.5 Å². The molecule has 0 N–H and O–H groups in total. The molecule has 2 aromatic heterocycles. The molecular weight excluding hydrogens is 378 g/mol. The normalized spacial score (nSPS) is 19.3. The molecule has 0 bridgehead atoms. The van der Waals surface area contributed by atoms with E-state index in [1.54, 1.807) is 7.11 Å². The van der Waals surface area contributed by atoms with Gasteiger partial charge in [-0.3, -0.25) is 14.6 Å². The number of pyridine rings is 1. The van der Waals surface area contributed by atoms with Crippen LogP contribution in [0.2, 0.25) is 0 Å². The van der Waals surface area contributed by atoms with Crippen LogP contribution >= 0.6 is 0 Å². The van der Waals surface area contributed by atoms with E-state index in [4.69, 9.17) is 9.72 Å². The molecule has 7 heteroatoms. The van der Waals surface area contributed by atoms with E-state index in [9.17, 15) is 4.79 Å². The predicted molar refractivity (Wildman–Crippen MR) is 118 cm³/mol. The molecular formula is C23H35N5O2. The van der Waals surface area contributed by atoms with Crippen LogP contribution in [0.1, 0.15) is 47.4 Å². The minimum atomic E-state index is 0.104. The first kappa shape index (κ1) is 21.3. The molecule has 0 aromatic carbocycles. The Balaban J connectivity index is 1.55. The van der Waals surface area contributed by atoms with Gasteiger partial charge in [-0.05, 0) is 37.5 Å². The summed E-state index contributed by atoms with van der Waals surface area (Å²) in [7, 11) is 1.76. The lowest BCUT2D eigenvalue weighted by atomic mass is 10.2. The highest BCUT2D eigenvalue weighted by molar-refractivity contribution is 5.94. The van der Waals surface area contributed by atoms with E-state index in [0.717, 1.165) is 83.1 Å². The van der Waals surface area contributed by atoms with E-state index in [0.29, 0.717) is 5.69 Å². The lowest BCUT2D eigenvalue weighted by Gasteiger charge is -2.34. The zero-order chi connectivity index (χ0) is 20.9. The molecule has 164 valence electrons. The van der Waals surface area contributed by atoms with E-state index >= 15 is 0 Å². The summed E-state index contributed by atoms with van der Waals surface area (Å²) in [5.74, 6) is 0.104. The topological polar surface area (TPSA) is 53.3 Å². The van der Waals surface area contributed by atoms with Crippen LogP contribution < -0.4 is 0 Å². The maximum atomic E-state index is 13.4. The molecule has 4 heterocycles. The predicted octanol–water partition coefficient (Wildman–Crippen LogP) is 2.42. The van der Waals surface area contributed by atoms with Crippen molar-refractivity contribution >= 4 is 11.6 Å². The third-order valence-electron chi connectivity index (χ3n) is 6.43. The first-order chi connectivity index (χ1) is 14.7. The highest BCUT2D eigenvalue weighted by Crippen LogP contribution is 2.21. The number of methoxy groups -OCH3 is 1. The number of rotatable bonds is 6. The summed E-state index contributed by atoms with van der Waals surface area (Å²) in [5, 5.41) is 0. The number of hydrogen-bond acceptors (Lipinski definition) is 5. The summed E-state index contributed by atoms with van der Waals surface area (Å²) < 4.78 is 7.33. The standard InChI is InChI=1S/C23H35N5O2/c1-19-7-10-28-20(18-26-13-11-25(12-14-26)15-16-30-2)22(24-21(28)17-19)23(29)27-8-5-3-4-6-9-27/h7,10,17H,3-6,8-9,11-16,18H2,1-2H3. The fraction of sp³-hybridized carbons (Fsp3) is 0.652. The van der Waals surface area contributed by atoms with Crippen molar-refractivity contribution in [3.63, 3.8) is 0 Å². The molecule has 1 amide bonds. The number of ether oxygens (including phenoxy) is 1. The average molecular weight is 414 g/mol. The van der Waals surface area contributed by atoms with Gasteiger partial charge in [0.2, 0.25) is 0 Å². The second-order valence-electron chi connectivity index (χ2n) is 8.66. The maximum Gasteiger partial charge on any atom is 0.274 e. The van der Waals surface area contributed by atoms with Crippen molar-refractivity contribution in [1.29, 1.82) is 0 Å². The maximum absolute atomic E-state index is 13.4. The summed E-state index contributed by atoms with van der Waals surface area (Å²) >= 11 is 0. The highest BCUT2D eigenvalue weighted by Gasteiger charge is 2.27. The van der Waals surface area contributed by atoms with Crippen molar-refractivity contribution in [2.45, 2.75) is 39.2 Å². The summed E-state index contributed by atoms with van der Waals surface area (Å²) in [6, 6.07) is 4.17.